The smallest absolute Gasteiger partial charge is 0.411 e. The average Bonchev–Trinajstić information content (AvgIpc) is 3.54. The van der Waals surface area contributed by atoms with Crippen molar-refractivity contribution in [3.05, 3.63) is 77.7 Å². The molecule has 1 atom stereocenters. The molecule has 34 heavy (non-hydrogen) atoms. The maximum atomic E-state index is 13.0. The summed E-state index contributed by atoms with van der Waals surface area (Å²) in [6, 6.07) is 17.5. The number of nitrogens with one attached hydrogen (secondary N) is 1. The van der Waals surface area contributed by atoms with Crippen LogP contribution in [0.5, 0.6) is 0 Å². The Hall–Kier alpha value is -4.07. The molecule has 1 aliphatic carbocycles. The summed E-state index contributed by atoms with van der Waals surface area (Å²) in [4.78, 5) is 38.7. The quantitative estimate of drug-likeness (QED) is 0.570. The number of carboxylic acid groups (broad SMARTS) is 1. The van der Waals surface area contributed by atoms with Crippen LogP contribution in [0.25, 0.3) is 11.1 Å². The highest BCUT2D eigenvalue weighted by molar-refractivity contribution is 6.02. The third-order valence-corrected chi connectivity index (χ3v) is 6.79. The molecule has 5 rings (SSSR count). The Morgan fingerprint density at radius 1 is 1.09 bits per heavy atom. The van der Waals surface area contributed by atoms with E-state index >= 15 is 0 Å². The Labute approximate surface area is 196 Å². The molecule has 174 valence electrons. The predicted octanol–water partition coefficient (Wildman–Crippen LogP) is 4.72. The molecule has 1 fully saturated rings. The van der Waals surface area contributed by atoms with Crippen LogP contribution in [0.4, 0.5) is 10.5 Å². The first-order valence-electron chi connectivity index (χ1n) is 11.1. The van der Waals surface area contributed by atoms with Crippen LogP contribution < -0.4 is 5.32 Å². The van der Waals surface area contributed by atoms with Gasteiger partial charge in [0, 0.05) is 18.5 Å². The normalized spacial score (nSPS) is 18.9. The van der Waals surface area contributed by atoms with Crippen LogP contribution in [0, 0.1) is 0 Å². The van der Waals surface area contributed by atoms with Gasteiger partial charge in [-0.25, -0.2) is 9.59 Å². The second-order valence-electron chi connectivity index (χ2n) is 8.75. The summed E-state index contributed by atoms with van der Waals surface area (Å²) >= 11 is 0. The first-order chi connectivity index (χ1) is 16.4. The minimum Gasteiger partial charge on any atom is -0.480 e. The van der Waals surface area contributed by atoms with E-state index < -0.39 is 23.5 Å². The molecule has 0 spiro atoms. The minimum absolute atomic E-state index is 0.0931. The van der Waals surface area contributed by atoms with E-state index in [4.69, 9.17) is 9.15 Å². The van der Waals surface area contributed by atoms with Crippen molar-refractivity contribution in [2.45, 2.75) is 31.2 Å². The number of furan rings is 1. The van der Waals surface area contributed by atoms with E-state index in [1.165, 1.54) is 24.2 Å². The minimum atomic E-state index is -1.31. The molecule has 2 aromatic carbocycles. The van der Waals surface area contributed by atoms with Crippen molar-refractivity contribution >= 4 is 23.7 Å². The fraction of sp³-hybridized carbons (Fsp3) is 0.269. The van der Waals surface area contributed by atoms with Gasteiger partial charge in [-0.15, -0.1) is 0 Å². The first kappa shape index (κ1) is 21.8. The van der Waals surface area contributed by atoms with E-state index in [0.717, 1.165) is 22.3 Å². The lowest BCUT2D eigenvalue weighted by Gasteiger charge is -2.30. The van der Waals surface area contributed by atoms with Gasteiger partial charge in [0.1, 0.15) is 12.1 Å². The summed E-state index contributed by atoms with van der Waals surface area (Å²) in [7, 11) is 0. The van der Waals surface area contributed by atoms with Gasteiger partial charge in [0.15, 0.2) is 0 Å². The van der Waals surface area contributed by atoms with Crippen molar-refractivity contribution in [1.82, 2.24) is 4.90 Å². The zero-order chi connectivity index (χ0) is 23.9. The number of carboxylic acids is 1. The Bertz CT molecular complexity index is 1240. The molecular weight excluding hydrogens is 436 g/mol. The van der Waals surface area contributed by atoms with Gasteiger partial charge in [-0.2, -0.15) is 0 Å². The monoisotopic (exact) mass is 460 g/mol. The van der Waals surface area contributed by atoms with Gasteiger partial charge in [0.25, 0.3) is 5.91 Å². The highest BCUT2D eigenvalue weighted by Crippen LogP contribution is 2.44. The molecule has 0 bridgehead atoms. The largest absolute Gasteiger partial charge is 0.480 e. The van der Waals surface area contributed by atoms with E-state index in [0.29, 0.717) is 19.4 Å². The topological polar surface area (TPSA) is 109 Å². The molecular formula is C26H24N2O6. The fourth-order valence-electron chi connectivity index (χ4n) is 4.95. The van der Waals surface area contributed by atoms with Crippen LogP contribution in [0.1, 0.15) is 47.4 Å². The fourth-order valence-corrected chi connectivity index (χ4v) is 4.95. The molecule has 2 heterocycles. The number of anilines is 1. The number of rotatable bonds is 5. The van der Waals surface area contributed by atoms with E-state index in [9.17, 15) is 19.5 Å². The molecule has 0 radical (unpaired) electrons. The van der Waals surface area contributed by atoms with E-state index in [1.807, 2.05) is 36.4 Å². The first-order valence-corrected chi connectivity index (χ1v) is 11.1. The lowest BCUT2D eigenvalue weighted by atomic mass is 9.98. The zero-order valence-electron chi connectivity index (χ0n) is 18.6. The molecule has 1 aromatic heterocycles. The van der Waals surface area contributed by atoms with Crippen molar-refractivity contribution in [3.8, 4) is 11.1 Å². The van der Waals surface area contributed by atoms with Crippen LogP contribution in [0.3, 0.4) is 0 Å². The Morgan fingerprint density at radius 3 is 2.38 bits per heavy atom. The molecule has 8 heteroatoms. The predicted molar refractivity (Wildman–Crippen MR) is 124 cm³/mol. The van der Waals surface area contributed by atoms with Crippen LogP contribution in [-0.2, 0) is 9.53 Å². The molecule has 1 aliphatic heterocycles. The van der Waals surface area contributed by atoms with E-state index in [-0.39, 0.29) is 24.0 Å². The summed E-state index contributed by atoms with van der Waals surface area (Å²) in [5.41, 5.74) is 3.27. The molecule has 0 saturated carbocycles. The summed E-state index contributed by atoms with van der Waals surface area (Å²) in [5.74, 6) is -1.87. The van der Waals surface area contributed by atoms with Gasteiger partial charge in [0.05, 0.1) is 12.0 Å². The number of hydrogen-bond acceptors (Lipinski definition) is 5. The Balaban J connectivity index is 1.29. The van der Waals surface area contributed by atoms with Gasteiger partial charge in [-0.05, 0) is 42.0 Å². The van der Waals surface area contributed by atoms with Gasteiger partial charge < -0.3 is 19.2 Å². The van der Waals surface area contributed by atoms with E-state index in [2.05, 4.69) is 17.4 Å². The second-order valence-corrected chi connectivity index (χ2v) is 8.75. The highest BCUT2D eigenvalue weighted by atomic mass is 16.5. The van der Waals surface area contributed by atoms with Crippen LogP contribution in [0.2, 0.25) is 0 Å². The van der Waals surface area contributed by atoms with Crippen molar-refractivity contribution in [1.29, 1.82) is 0 Å². The number of carbonyl (C=O) groups is 3. The third kappa shape index (κ3) is 3.51. The standard InChI is InChI=1S/C26H24N2O6/c1-26(24(30)31)12-6-13-28(26)23(29)22-21(11-14-33-22)27-25(32)34-15-20-18-9-4-2-7-16(18)17-8-3-5-10-19(17)20/h2-5,7-11,14,20H,6,12-13,15H2,1H3,(H,27,32)(H,30,31)/t26-/m1/s1. The number of ether oxygens (including phenoxy) is 1. The lowest BCUT2D eigenvalue weighted by molar-refractivity contribution is -0.147. The maximum Gasteiger partial charge on any atom is 0.411 e. The Morgan fingerprint density at radius 2 is 1.74 bits per heavy atom. The number of carbonyl (C=O) groups excluding carboxylic acids is 2. The summed E-state index contributed by atoms with van der Waals surface area (Å²) in [6.45, 7) is 1.94. The summed E-state index contributed by atoms with van der Waals surface area (Å²) in [5, 5.41) is 12.2. The number of aliphatic carboxylic acids is 1. The summed E-state index contributed by atoms with van der Waals surface area (Å²) < 4.78 is 10.9. The van der Waals surface area contributed by atoms with Crippen LogP contribution >= 0.6 is 0 Å². The molecule has 2 aliphatic rings. The van der Waals surface area contributed by atoms with Crippen LogP contribution in [0.15, 0.2) is 65.3 Å². The zero-order valence-corrected chi connectivity index (χ0v) is 18.6. The van der Waals surface area contributed by atoms with Crippen molar-refractivity contribution in [2.24, 2.45) is 0 Å². The number of amides is 2. The van der Waals surface area contributed by atoms with Gasteiger partial charge in [-0.3, -0.25) is 10.1 Å². The van der Waals surface area contributed by atoms with E-state index in [1.54, 1.807) is 0 Å². The number of fused-ring (bicyclic) bond motifs is 3. The number of hydrogen-bond donors (Lipinski definition) is 2. The molecule has 8 nitrogen and oxygen atoms in total. The molecule has 2 N–H and O–H groups in total. The lowest BCUT2D eigenvalue weighted by Crippen LogP contribution is -2.50. The molecule has 1 saturated heterocycles. The van der Waals surface area contributed by atoms with Crippen LogP contribution in [-0.4, -0.2) is 46.7 Å². The highest BCUT2D eigenvalue weighted by Gasteiger charge is 2.47. The number of benzene rings is 2. The number of likely N-dealkylation sites (tertiary alicyclic amines) is 1. The number of nitrogens with zero attached hydrogens (tertiary/aromatic N) is 1. The second kappa shape index (κ2) is 8.37. The average molecular weight is 460 g/mol. The summed E-state index contributed by atoms with van der Waals surface area (Å²) in [6.07, 6.45) is 1.48. The van der Waals surface area contributed by atoms with Gasteiger partial charge in [-0.1, -0.05) is 48.5 Å². The molecule has 0 unspecified atom stereocenters. The SMILES string of the molecule is C[C@]1(C(=O)O)CCCN1C(=O)c1occc1NC(=O)OCC1c2ccccc2-c2ccccc21. The van der Waals surface area contributed by atoms with Crippen molar-refractivity contribution < 1.29 is 28.6 Å². The Kier molecular flexibility index (Phi) is 5.36. The van der Waals surface area contributed by atoms with Crippen molar-refractivity contribution in [3.63, 3.8) is 0 Å². The van der Waals surface area contributed by atoms with Gasteiger partial charge >= 0.3 is 12.1 Å². The van der Waals surface area contributed by atoms with Gasteiger partial charge in [0.2, 0.25) is 5.76 Å². The molecule has 3 aromatic rings. The maximum absolute atomic E-state index is 13.0. The van der Waals surface area contributed by atoms with Crippen molar-refractivity contribution in [2.75, 3.05) is 18.5 Å². The molecule has 2 amide bonds. The third-order valence-electron chi connectivity index (χ3n) is 6.79.